The van der Waals surface area contributed by atoms with Gasteiger partial charge in [0.2, 0.25) is 0 Å². The van der Waals surface area contributed by atoms with Crippen LogP contribution in [0.1, 0.15) is 10.5 Å². The molecule has 1 amide bonds. The van der Waals surface area contributed by atoms with Crippen molar-refractivity contribution in [2.75, 3.05) is 43.4 Å². The first-order valence-corrected chi connectivity index (χ1v) is 8.06. The van der Waals surface area contributed by atoms with Crippen LogP contribution in [0.5, 0.6) is 0 Å². The third kappa shape index (κ3) is 3.13. The summed E-state index contributed by atoms with van der Waals surface area (Å²) >= 11 is 0. The Morgan fingerprint density at radius 3 is 2.72 bits per heavy atom. The minimum atomic E-state index is -0.311. The number of hydrogen-bond donors (Lipinski definition) is 1. The van der Waals surface area contributed by atoms with Crippen LogP contribution in [0, 0.1) is 0 Å². The molecule has 3 aromatic heterocycles. The van der Waals surface area contributed by atoms with Gasteiger partial charge in [-0.3, -0.25) is 4.79 Å². The lowest BCUT2D eigenvalue weighted by Crippen LogP contribution is -2.45. The largest absolute Gasteiger partial charge is 0.353 e. The minimum Gasteiger partial charge on any atom is -0.353 e. The van der Waals surface area contributed by atoms with Gasteiger partial charge in [0.1, 0.15) is 18.0 Å². The maximum atomic E-state index is 12.5. The Kier molecular flexibility index (Phi) is 3.98. The molecule has 0 saturated carbocycles. The molecule has 1 saturated heterocycles. The van der Waals surface area contributed by atoms with E-state index in [4.69, 9.17) is 0 Å². The Morgan fingerprint density at radius 1 is 1.12 bits per heavy atom. The summed E-state index contributed by atoms with van der Waals surface area (Å²) < 4.78 is 1.57. The van der Waals surface area contributed by atoms with Gasteiger partial charge in [0, 0.05) is 32.4 Å². The first-order valence-electron chi connectivity index (χ1n) is 8.06. The lowest BCUT2D eigenvalue weighted by Gasteiger charge is -2.33. The van der Waals surface area contributed by atoms with Gasteiger partial charge in [0.15, 0.2) is 11.3 Å². The van der Waals surface area contributed by atoms with Gasteiger partial charge < -0.3 is 15.1 Å². The Morgan fingerprint density at radius 2 is 1.96 bits per heavy atom. The van der Waals surface area contributed by atoms with Crippen molar-refractivity contribution in [1.29, 1.82) is 0 Å². The molecule has 0 aromatic carbocycles. The highest BCUT2D eigenvalue weighted by atomic mass is 16.2. The second kappa shape index (κ2) is 6.44. The molecule has 0 spiro atoms. The number of nitrogens with zero attached hydrogens (tertiary/aromatic N) is 7. The van der Waals surface area contributed by atoms with Crippen LogP contribution >= 0.6 is 0 Å². The second-order valence-electron chi connectivity index (χ2n) is 5.94. The van der Waals surface area contributed by atoms with E-state index in [0.717, 1.165) is 32.0 Å². The van der Waals surface area contributed by atoms with Crippen molar-refractivity contribution >= 4 is 23.2 Å². The summed E-state index contributed by atoms with van der Waals surface area (Å²) in [5.74, 6) is 0.967. The number of rotatable bonds is 3. The topological polar surface area (TPSA) is 91.5 Å². The van der Waals surface area contributed by atoms with Crippen molar-refractivity contribution in [3.8, 4) is 0 Å². The molecule has 4 heterocycles. The maximum absolute atomic E-state index is 12.5. The van der Waals surface area contributed by atoms with Crippen LogP contribution in [0.25, 0.3) is 5.65 Å². The zero-order chi connectivity index (χ0) is 17.2. The van der Waals surface area contributed by atoms with Gasteiger partial charge in [-0.05, 0) is 25.2 Å². The average Bonchev–Trinajstić information content (AvgIpc) is 3.06. The lowest BCUT2D eigenvalue weighted by molar-refractivity contribution is 0.102. The van der Waals surface area contributed by atoms with Crippen molar-refractivity contribution in [2.45, 2.75) is 0 Å². The molecule has 25 heavy (non-hydrogen) atoms. The van der Waals surface area contributed by atoms with E-state index in [0.29, 0.717) is 17.2 Å². The number of carbonyl (C=O) groups is 1. The van der Waals surface area contributed by atoms with Crippen molar-refractivity contribution in [3.63, 3.8) is 0 Å². The Labute approximate surface area is 144 Å². The van der Waals surface area contributed by atoms with Crippen LogP contribution in [0.2, 0.25) is 0 Å². The van der Waals surface area contributed by atoms with E-state index in [1.807, 2.05) is 12.1 Å². The molecule has 0 unspecified atom stereocenters. The van der Waals surface area contributed by atoms with Crippen LogP contribution in [-0.4, -0.2) is 68.6 Å². The van der Waals surface area contributed by atoms with Gasteiger partial charge >= 0.3 is 0 Å². The standard InChI is InChI=1S/C16H18N8O/c1-22-6-8-23(9-7-22)15-3-2-14-18-10-12(24(14)21-15)16(25)20-13-4-5-17-11-19-13/h2-5,10-11H,6-9H2,1H3,(H,17,19,20,25). The average molecular weight is 338 g/mol. The summed E-state index contributed by atoms with van der Waals surface area (Å²) in [4.78, 5) is 29.1. The zero-order valence-electron chi connectivity index (χ0n) is 13.8. The molecule has 0 aliphatic carbocycles. The summed E-state index contributed by atoms with van der Waals surface area (Å²) in [6.45, 7) is 3.80. The van der Waals surface area contributed by atoms with Gasteiger partial charge in [0.05, 0.1) is 6.20 Å². The number of imidazole rings is 1. The fourth-order valence-corrected chi connectivity index (χ4v) is 2.77. The van der Waals surface area contributed by atoms with Crippen LogP contribution in [0.3, 0.4) is 0 Å². The Hall–Kier alpha value is -3.07. The van der Waals surface area contributed by atoms with Crippen LogP contribution in [0.15, 0.2) is 36.9 Å². The molecule has 1 aliphatic heterocycles. The van der Waals surface area contributed by atoms with E-state index in [9.17, 15) is 4.79 Å². The molecule has 3 aromatic rings. The number of aromatic nitrogens is 5. The number of anilines is 2. The third-order valence-electron chi connectivity index (χ3n) is 4.23. The summed E-state index contributed by atoms with van der Waals surface area (Å²) in [7, 11) is 2.11. The molecule has 1 N–H and O–H groups in total. The number of piperazine rings is 1. The number of nitrogens with one attached hydrogen (secondary N) is 1. The van der Waals surface area contributed by atoms with Crippen molar-refractivity contribution in [1.82, 2.24) is 29.5 Å². The third-order valence-corrected chi connectivity index (χ3v) is 4.23. The number of carbonyl (C=O) groups excluding carboxylic acids is 1. The van der Waals surface area contributed by atoms with Crippen molar-refractivity contribution in [3.05, 3.63) is 42.6 Å². The first-order chi connectivity index (χ1) is 12.2. The quantitative estimate of drug-likeness (QED) is 0.744. The molecule has 9 heteroatoms. The molecule has 128 valence electrons. The van der Waals surface area contributed by atoms with E-state index >= 15 is 0 Å². The SMILES string of the molecule is CN1CCN(c2ccc3ncc(C(=O)Nc4ccncn4)n3n2)CC1. The Bertz CT molecular complexity index is 886. The maximum Gasteiger partial charge on any atom is 0.277 e. The van der Waals surface area contributed by atoms with E-state index < -0.39 is 0 Å². The predicted molar refractivity (Wildman–Crippen MR) is 92.7 cm³/mol. The first kappa shape index (κ1) is 15.5. The highest BCUT2D eigenvalue weighted by Gasteiger charge is 2.18. The molecular weight excluding hydrogens is 320 g/mol. The van der Waals surface area contributed by atoms with E-state index in [-0.39, 0.29) is 5.91 Å². The molecule has 9 nitrogen and oxygen atoms in total. The highest BCUT2D eigenvalue weighted by Crippen LogP contribution is 2.15. The molecule has 0 atom stereocenters. The smallest absolute Gasteiger partial charge is 0.277 e. The lowest BCUT2D eigenvalue weighted by atomic mass is 10.3. The van der Waals surface area contributed by atoms with Crippen LogP contribution < -0.4 is 10.2 Å². The van der Waals surface area contributed by atoms with E-state index in [1.54, 1.807) is 16.8 Å². The van der Waals surface area contributed by atoms with Gasteiger partial charge in [0.25, 0.3) is 5.91 Å². The van der Waals surface area contributed by atoms with Crippen LogP contribution in [-0.2, 0) is 0 Å². The van der Waals surface area contributed by atoms with E-state index in [2.05, 4.69) is 42.2 Å². The minimum absolute atomic E-state index is 0.311. The molecule has 0 radical (unpaired) electrons. The van der Waals surface area contributed by atoms with Gasteiger partial charge in [-0.15, -0.1) is 5.10 Å². The molecule has 4 rings (SSSR count). The normalized spacial score (nSPS) is 15.5. The predicted octanol–water partition coefficient (Wildman–Crippen LogP) is 0.523. The van der Waals surface area contributed by atoms with Crippen LogP contribution in [0.4, 0.5) is 11.6 Å². The molecule has 1 aliphatic rings. The van der Waals surface area contributed by atoms with Gasteiger partial charge in [-0.25, -0.2) is 19.5 Å². The number of hydrogen-bond acceptors (Lipinski definition) is 7. The van der Waals surface area contributed by atoms with Gasteiger partial charge in [-0.2, -0.15) is 0 Å². The van der Waals surface area contributed by atoms with Crippen molar-refractivity contribution < 1.29 is 4.79 Å². The summed E-state index contributed by atoms with van der Waals surface area (Å²) in [5.41, 5.74) is 0.996. The summed E-state index contributed by atoms with van der Waals surface area (Å²) in [6, 6.07) is 5.45. The number of amides is 1. The molecule has 0 bridgehead atoms. The zero-order valence-corrected chi connectivity index (χ0v) is 13.8. The molecule has 1 fully saturated rings. The summed E-state index contributed by atoms with van der Waals surface area (Å²) in [6.07, 6.45) is 4.47. The summed E-state index contributed by atoms with van der Waals surface area (Å²) in [5, 5.41) is 7.34. The fourth-order valence-electron chi connectivity index (χ4n) is 2.77. The molecular formula is C16H18N8O. The monoisotopic (exact) mass is 338 g/mol. The Balaban J connectivity index is 1.61. The number of likely N-dealkylation sites (N-methyl/N-ethyl adjacent to an activating group) is 1. The second-order valence-corrected chi connectivity index (χ2v) is 5.94. The van der Waals surface area contributed by atoms with Crippen molar-refractivity contribution in [2.24, 2.45) is 0 Å². The fraction of sp³-hybridized carbons (Fsp3) is 0.312. The number of fused-ring (bicyclic) bond motifs is 1. The van der Waals surface area contributed by atoms with Gasteiger partial charge in [-0.1, -0.05) is 0 Å². The van der Waals surface area contributed by atoms with E-state index in [1.165, 1.54) is 12.5 Å². The highest BCUT2D eigenvalue weighted by molar-refractivity contribution is 6.02.